The lowest BCUT2D eigenvalue weighted by Gasteiger charge is -2.34. The molecule has 0 unspecified atom stereocenters. The van der Waals surface area contributed by atoms with Crippen molar-refractivity contribution in [3.8, 4) is 0 Å². The monoisotopic (exact) mass is 458 g/mol. The molecule has 0 aliphatic heterocycles. The molecule has 0 amide bonds. The minimum atomic E-state index is -4.74. The number of halogens is 7. The minimum Gasteiger partial charge on any atom is -0.166 e. The van der Waals surface area contributed by atoms with Crippen molar-refractivity contribution in [3.63, 3.8) is 0 Å². The SMILES string of the molecule is FC(F)(F)c1ccccc1C(Br)(c1ccccc1)c1ccccc1C(F)(F)F. The molecule has 0 nitrogen and oxygen atoms in total. The molecule has 0 aromatic heterocycles. The van der Waals surface area contributed by atoms with Crippen molar-refractivity contribution in [3.05, 3.63) is 107 Å². The highest BCUT2D eigenvalue weighted by molar-refractivity contribution is 9.10. The van der Waals surface area contributed by atoms with Crippen molar-refractivity contribution in [1.29, 1.82) is 0 Å². The standard InChI is InChI=1S/C21H13BrF6/c22-19(14-8-2-1-3-9-14,15-10-4-6-12-17(15)20(23,24)25)16-11-5-7-13-18(16)21(26,27)28/h1-13H. The van der Waals surface area contributed by atoms with Crippen molar-refractivity contribution >= 4 is 15.9 Å². The maximum atomic E-state index is 13.7. The van der Waals surface area contributed by atoms with E-state index in [9.17, 15) is 26.3 Å². The molecular weight excluding hydrogens is 446 g/mol. The highest BCUT2D eigenvalue weighted by Crippen LogP contribution is 2.51. The molecule has 0 aliphatic carbocycles. The Labute approximate surface area is 166 Å². The summed E-state index contributed by atoms with van der Waals surface area (Å²) < 4.78 is 80.4. The third kappa shape index (κ3) is 3.68. The van der Waals surface area contributed by atoms with E-state index in [0.717, 1.165) is 12.1 Å². The summed E-state index contributed by atoms with van der Waals surface area (Å²) >= 11 is 3.30. The summed E-state index contributed by atoms with van der Waals surface area (Å²) in [5.74, 6) is 0. The van der Waals surface area contributed by atoms with Crippen LogP contribution in [0.3, 0.4) is 0 Å². The quantitative estimate of drug-likeness (QED) is 0.217. The van der Waals surface area contributed by atoms with Gasteiger partial charge in [-0.05, 0) is 28.8 Å². The van der Waals surface area contributed by atoms with E-state index in [0.29, 0.717) is 0 Å². The first-order valence-corrected chi connectivity index (χ1v) is 8.93. The fourth-order valence-electron chi connectivity index (χ4n) is 3.19. The highest BCUT2D eigenvalue weighted by Gasteiger charge is 2.46. The molecule has 0 spiro atoms. The predicted octanol–water partition coefficient (Wildman–Crippen LogP) is 7.41. The van der Waals surface area contributed by atoms with Gasteiger partial charge in [0.25, 0.3) is 0 Å². The molecule has 3 aromatic rings. The smallest absolute Gasteiger partial charge is 0.166 e. The van der Waals surface area contributed by atoms with E-state index in [1.807, 2.05) is 0 Å². The van der Waals surface area contributed by atoms with E-state index in [-0.39, 0.29) is 16.7 Å². The first-order chi connectivity index (χ1) is 13.1. The lowest BCUT2D eigenvalue weighted by Crippen LogP contribution is -2.28. The van der Waals surface area contributed by atoms with Crippen LogP contribution in [0.2, 0.25) is 0 Å². The van der Waals surface area contributed by atoms with E-state index in [1.165, 1.54) is 48.5 Å². The van der Waals surface area contributed by atoms with Gasteiger partial charge in [-0.3, -0.25) is 0 Å². The number of alkyl halides is 7. The second-order valence-corrected chi connectivity index (χ2v) is 7.30. The fraction of sp³-hybridized carbons (Fsp3) is 0.143. The van der Waals surface area contributed by atoms with Crippen molar-refractivity contribution in [2.45, 2.75) is 16.7 Å². The van der Waals surface area contributed by atoms with Crippen LogP contribution in [0.1, 0.15) is 27.8 Å². The summed E-state index contributed by atoms with van der Waals surface area (Å²) in [5, 5.41) is 0. The molecule has 3 aromatic carbocycles. The van der Waals surface area contributed by atoms with Gasteiger partial charge < -0.3 is 0 Å². The zero-order valence-electron chi connectivity index (χ0n) is 14.2. The van der Waals surface area contributed by atoms with Crippen molar-refractivity contribution in [2.75, 3.05) is 0 Å². The Morgan fingerprint density at radius 1 is 0.464 bits per heavy atom. The molecule has 0 bridgehead atoms. The van der Waals surface area contributed by atoms with Crippen LogP contribution in [-0.4, -0.2) is 0 Å². The van der Waals surface area contributed by atoms with Crippen LogP contribution in [-0.2, 0) is 16.7 Å². The number of benzene rings is 3. The predicted molar refractivity (Wildman–Crippen MR) is 98.1 cm³/mol. The van der Waals surface area contributed by atoms with Crippen LogP contribution in [0.5, 0.6) is 0 Å². The Kier molecular flexibility index (Phi) is 5.32. The maximum Gasteiger partial charge on any atom is 0.416 e. The van der Waals surface area contributed by atoms with E-state index >= 15 is 0 Å². The van der Waals surface area contributed by atoms with E-state index < -0.39 is 27.8 Å². The lowest BCUT2D eigenvalue weighted by molar-refractivity contribution is -0.138. The average molecular weight is 459 g/mol. The van der Waals surface area contributed by atoms with Crippen LogP contribution in [0.15, 0.2) is 78.9 Å². The minimum absolute atomic E-state index is 0.253. The van der Waals surface area contributed by atoms with Gasteiger partial charge >= 0.3 is 12.4 Å². The highest BCUT2D eigenvalue weighted by atomic mass is 79.9. The number of hydrogen-bond donors (Lipinski definition) is 0. The van der Waals surface area contributed by atoms with E-state index in [4.69, 9.17) is 0 Å². The van der Waals surface area contributed by atoms with Crippen LogP contribution >= 0.6 is 15.9 Å². The van der Waals surface area contributed by atoms with Gasteiger partial charge in [-0.1, -0.05) is 82.7 Å². The van der Waals surface area contributed by atoms with Gasteiger partial charge in [0.1, 0.15) is 4.32 Å². The molecule has 0 fully saturated rings. The topological polar surface area (TPSA) is 0 Å². The van der Waals surface area contributed by atoms with Gasteiger partial charge in [-0.25, -0.2) is 0 Å². The summed E-state index contributed by atoms with van der Waals surface area (Å²) in [7, 11) is 0. The van der Waals surface area contributed by atoms with Gasteiger partial charge in [-0.2, -0.15) is 26.3 Å². The molecule has 0 saturated heterocycles. The Hall–Kier alpha value is -2.28. The molecule has 0 aliphatic rings. The molecule has 0 heterocycles. The zero-order chi connectivity index (χ0) is 20.6. The molecule has 3 rings (SSSR count). The maximum absolute atomic E-state index is 13.7. The Morgan fingerprint density at radius 3 is 1.14 bits per heavy atom. The lowest BCUT2D eigenvalue weighted by atomic mass is 9.80. The third-order valence-electron chi connectivity index (χ3n) is 4.38. The Bertz CT molecular complexity index is 903. The zero-order valence-corrected chi connectivity index (χ0v) is 15.7. The third-order valence-corrected chi connectivity index (χ3v) is 5.69. The normalized spacial score (nSPS) is 12.8. The van der Waals surface area contributed by atoms with Crippen LogP contribution in [0, 0.1) is 0 Å². The number of rotatable bonds is 3. The van der Waals surface area contributed by atoms with Crippen LogP contribution < -0.4 is 0 Å². The molecular formula is C21H13BrF6. The largest absolute Gasteiger partial charge is 0.416 e. The molecule has 28 heavy (non-hydrogen) atoms. The fourth-order valence-corrected chi connectivity index (χ4v) is 4.14. The van der Waals surface area contributed by atoms with Crippen LogP contribution in [0.25, 0.3) is 0 Å². The second-order valence-electron chi connectivity index (χ2n) is 6.11. The van der Waals surface area contributed by atoms with Crippen molar-refractivity contribution in [2.24, 2.45) is 0 Å². The van der Waals surface area contributed by atoms with E-state index in [2.05, 4.69) is 15.9 Å². The first-order valence-electron chi connectivity index (χ1n) is 8.14. The molecule has 7 heteroatoms. The van der Waals surface area contributed by atoms with Crippen molar-refractivity contribution < 1.29 is 26.3 Å². The molecule has 0 N–H and O–H groups in total. The molecule has 0 saturated carbocycles. The molecule has 0 atom stereocenters. The second kappa shape index (κ2) is 7.28. The summed E-state index contributed by atoms with van der Waals surface area (Å²) in [6, 6.07) is 17.0. The Balaban J connectivity index is 2.43. The van der Waals surface area contributed by atoms with Gasteiger partial charge in [0.05, 0.1) is 11.1 Å². The Morgan fingerprint density at radius 2 is 0.786 bits per heavy atom. The molecule has 0 radical (unpaired) electrons. The van der Waals surface area contributed by atoms with Gasteiger partial charge in [0.2, 0.25) is 0 Å². The summed E-state index contributed by atoms with van der Waals surface area (Å²) in [6.45, 7) is 0. The van der Waals surface area contributed by atoms with Crippen molar-refractivity contribution in [1.82, 2.24) is 0 Å². The average Bonchev–Trinajstić information content (AvgIpc) is 2.67. The van der Waals surface area contributed by atoms with Gasteiger partial charge in [0, 0.05) is 0 Å². The van der Waals surface area contributed by atoms with E-state index in [1.54, 1.807) is 18.2 Å². The summed E-state index contributed by atoms with van der Waals surface area (Å²) in [4.78, 5) is 0. The van der Waals surface area contributed by atoms with Crippen LogP contribution in [0.4, 0.5) is 26.3 Å². The summed E-state index contributed by atoms with van der Waals surface area (Å²) in [6.07, 6.45) is -9.48. The molecule has 146 valence electrons. The van der Waals surface area contributed by atoms with Gasteiger partial charge in [0.15, 0.2) is 0 Å². The summed E-state index contributed by atoms with van der Waals surface area (Å²) in [5.41, 5.74) is -2.39. The first kappa shape index (κ1) is 20.5. The number of hydrogen-bond acceptors (Lipinski definition) is 0. The van der Waals surface area contributed by atoms with Gasteiger partial charge in [-0.15, -0.1) is 0 Å².